The molecule has 1 unspecified atom stereocenters. The van der Waals surface area contributed by atoms with E-state index in [4.69, 9.17) is 5.73 Å². The quantitative estimate of drug-likeness (QED) is 0.806. The molecule has 18 heavy (non-hydrogen) atoms. The van der Waals surface area contributed by atoms with Crippen LogP contribution in [0.25, 0.3) is 0 Å². The molecule has 0 heterocycles. The van der Waals surface area contributed by atoms with Crippen LogP contribution in [-0.2, 0) is 18.6 Å². The third kappa shape index (κ3) is 2.05. The highest BCUT2D eigenvalue weighted by Gasteiger charge is 2.33. The Hall–Kier alpha value is -1.64. The summed E-state index contributed by atoms with van der Waals surface area (Å²) >= 11 is 0. The molecular weight excluding hydrogens is 220 g/mol. The van der Waals surface area contributed by atoms with E-state index < -0.39 is 0 Å². The number of hydrogen-bond donors (Lipinski definition) is 2. The van der Waals surface area contributed by atoms with Crippen LogP contribution in [0.2, 0.25) is 0 Å². The zero-order valence-corrected chi connectivity index (χ0v) is 10.4. The van der Waals surface area contributed by atoms with Gasteiger partial charge in [-0.05, 0) is 29.5 Å². The monoisotopic (exact) mass is 238 g/mol. The van der Waals surface area contributed by atoms with Crippen LogP contribution in [0.15, 0.2) is 54.6 Å². The van der Waals surface area contributed by atoms with Gasteiger partial charge < -0.3 is 5.73 Å². The number of aryl methyl sites for hydroxylation is 1. The Balaban J connectivity index is 1.77. The molecule has 0 spiro atoms. The van der Waals surface area contributed by atoms with Gasteiger partial charge in [-0.2, -0.15) is 0 Å². The Morgan fingerprint density at radius 1 is 1.00 bits per heavy atom. The lowest BCUT2D eigenvalue weighted by atomic mass is 10.0. The smallest absolute Gasteiger partial charge is 0.0933 e. The Labute approximate surface area is 108 Å². The summed E-state index contributed by atoms with van der Waals surface area (Å²) in [5.41, 5.74) is 10.0. The summed E-state index contributed by atoms with van der Waals surface area (Å²) in [7, 11) is 0. The van der Waals surface area contributed by atoms with Crippen LogP contribution in [0.1, 0.15) is 23.1 Å². The molecular formula is C16H18N2. The van der Waals surface area contributed by atoms with Crippen molar-refractivity contribution < 1.29 is 0 Å². The fourth-order valence-corrected chi connectivity index (χ4v) is 2.68. The molecule has 0 aliphatic heterocycles. The van der Waals surface area contributed by atoms with Gasteiger partial charge in [0.15, 0.2) is 0 Å². The first-order valence-corrected chi connectivity index (χ1v) is 6.44. The SMILES string of the molecule is NC1(NCc2ccccc2)CCc2ccccc21. The molecule has 92 valence electrons. The first kappa shape index (κ1) is 11.5. The van der Waals surface area contributed by atoms with Crippen molar-refractivity contribution in [1.82, 2.24) is 5.32 Å². The van der Waals surface area contributed by atoms with Crippen molar-refractivity contribution in [2.75, 3.05) is 0 Å². The zero-order valence-electron chi connectivity index (χ0n) is 10.4. The molecule has 3 N–H and O–H groups in total. The normalized spacial score (nSPS) is 21.8. The minimum absolute atomic E-state index is 0.369. The van der Waals surface area contributed by atoms with Crippen LogP contribution in [0, 0.1) is 0 Å². The maximum absolute atomic E-state index is 6.51. The number of rotatable bonds is 3. The molecule has 0 radical (unpaired) electrons. The third-order valence-corrected chi connectivity index (χ3v) is 3.74. The second-order valence-corrected chi connectivity index (χ2v) is 4.97. The van der Waals surface area contributed by atoms with E-state index in [1.165, 1.54) is 16.7 Å². The molecule has 2 nitrogen and oxygen atoms in total. The van der Waals surface area contributed by atoms with Crippen molar-refractivity contribution in [2.24, 2.45) is 5.73 Å². The predicted molar refractivity (Wildman–Crippen MR) is 73.9 cm³/mol. The second-order valence-electron chi connectivity index (χ2n) is 4.97. The van der Waals surface area contributed by atoms with Crippen LogP contribution in [0.4, 0.5) is 0 Å². The Morgan fingerprint density at radius 3 is 2.56 bits per heavy atom. The van der Waals surface area contributed by atoms with E-state index >= 15 is 0 Å². The van der Waals surface area contributed by atoms with E-state index in [0.717, 1.165) is 19.4 Å². The third-order valence-electron chi connectivity index (χ3n) is 3.74. The number of nitrogens with two attached hydrogens (primary N) is 1. The topological polar surface area (TPSA) is 38.0 Å². The Morgan fingerprint density at radius 2 is 1.72 bits per heavy atom. The lowest BCUT2D eigenvalue weighted by molar-refractivity contribution is 0.340. The molecule has 0 aromatic heterocycles. The largest absolute Gasteiger partial charge is 0.309 e. The highest BCUT2D eigenvalue weighted by Crippen LogP contribution is 2.32. The van der Waals surface area contributed by atoms with E-state index in [2.05, 4.69) is 53.8 Å². The number of benzene rings is 2. The van der Waals surface area contributed by atoms with Crippen molar-refractivity contribution in [3.05, 3.63) is 71.3 Å². The molecule has 2 heteroatoms. The molecule has 2 aromatic carbocycles. The molecule has 0 saturated heterocycles. The molecule has 3 rings (SSSR count). The Bertz CT molecular complexity index is 536. The summed E-state index contributed by atoms with van der Waals surface area (Å²) in [5, 5.41) is 3.51. The van der Waals surface area contributed by atoms with E-state index in [1.807, 2.05) is 6.07 Å². The lowest BCUT2D eigenvalue weighted by Crippen LogP contribution is -2.48. The predicted octanol–water partition coefficient (Wildman–Crippen LogP) is 2.53. The molecule has 0 bridgehead atoms. The summed E-state index contributed by atoms with van der Waals surface area (Å²) in [4.78, 5) is 0. The van der Waals surface area contributed by atoms with Crippen LogP contribution in [-0.4, -0.2) is 0 Å². The van der Waals surface area contributed by atoms with Gasteiger partial charge in [0.1, 0.15) is 0 Å². The average Bonchev–Trinajstić information content (AvgIpc) is 2.77. The van der Waals surface area contributed by atoms with Crippen molar-refractivity contribution in [1.29, 1.82) is 0 Å². The molecule has 2 aromatic rings. The minimum Gasteiger partial charge on any atom is -0.309 e. The van der Waals surface area contributed by atoms with E-state index in [0.29, 0.717) is 0 Å². The first-order valence-electron chi connectivity index (χ1n) is 6.44. The summed E-state index contributed by atoms with van der Waals surface area (Å²) in [6.45, 7) is 0.811. The zero-order chi connectivity index (χ0) is 12.4. The molecule has 0 saturated carbocycles. The van der Waals surface area contributed by atoms with Crippen LogP contribution in [0.3, 0.4) is 0 Å². The number of fused-ring (bicyclic) bond motifs is 1. The van der Waals surface area contributed by atoms with E-state index in [1.54, 1.807) is 0 Å². The molecule has 1 atom stereocenters. The molecule has 0 amide bonds. The van der Waals surface area contributed by atoms with Gasteiger partial charge in [-0.1, -0.05) is 54.6 Å². The van der Waals surface area contributed by atoms with Gasteiger partial charge in [0.05, 0.1) is 5.66 Å². The fourth-order valence-electron chi connectivity index (χ4n) is 2.68. The van der Waals surface area contributed by atoms with Gasteiger partial charge in [0, 0.05) is 6.54 Å². The van der Waals surface area contributed by atoms with Crippen molar-refractivity contribution in [3.8, 4) is 0 Å². The number of hydrogen-bond acceptors (Lipinski definition) is 2. The highest BCUT2D eigenvalue weighted by atomic mass is 15.1. The minimum atomic E-state index is -0.369. The molecule has 1 aliphatic rings. The highest BCUT2D eigenvalue weighted by molar-refractivity contribution is 5.37. The van der Waals surface area contributed by atoms with Gasteiger partial charge in [-0.3, -0.25) is 5.32 Å². The molecule has 1 aliphatic carbocycles. The fraction of sp³-hybridized carbons (Fsp3) is 0.250. The second kappa shape index (κ2) is 4.56. The lowest BCUT2D eigenvalue weighted by Gasteiger charge is -2.27. The molecule has 0 fully saturated rings. The maximum Gasteiger partial charge on any atom is 0.0933 e. The van der Waals surface area contributed by atoms with Gasteiger partial charge in [0.25, 0.3) is 0 Å². The summed E-state index contributed by atoms with van der Waals surface area (Å²) in [6.07, 6.45) is 2.04. The standard InChI is InChI=1S/C16H18N2/c17-16(18-12-13-6-2-1-3-7-13)11-10-14-8-4-5-9-15(14)16/h1-9,18H,10-12,17H2. The Kier molecular flexibility index (Phi) is 2.90. The van der Waals surface area contributed by atoms with Gasteiger partial charge in [-0.15, -0.1) is 0 Å². The number of nitrogens with one attached hydrogen (secondary N) is 1. The van der Waals surface area contributed by atoms with Crippen molar-refractivity contribution >= 4 is 0 Å². The van der Waals surface area contributed by atoms with Crippen LogP contribution >= 0.6 is 0 Å². The van der Waals surface area contributed by atoms with Crippen molar-refractivity contribution in [3.63, 3.8) is 0 Å². The van der Waals surface area contributed by atoms with Gasteiger partial charge >= 0.3 is 0 Å². The van der Waals surface area contributed by atoms with Crippen molar-refractivity contribution in [2.45, 2.75) is 25.0 Å². The van der Waals surface area contributed by atoms with E-state index in [-0.39, 0.29) is 5.66 Å². The summed E-state index contributed by atoms with van der Waals surface area (Å²) < 4.78 is 0. The van der Waals surface area contributed by atoms with Crippen LogP contribution < -0.4 is 11.1 Å². The van der Waals surface area contributed by atoms with Crippen LogP contribution in [0.5, 0.6) is 0 Å². The summed E-state index contributed by atoms with van der Waals surface area (Å²) in [5.74, 6) is 0. The summed E-state index contributed by atoms with van der Waals surface area (Å²) in [6, 6.07) is 18.9. The van der Waals surface area contributed by atoms with Gasteiger partial charge in [-0.25, -0.2) is 0 Å². The van der Waals surface area contributed by atoms with E-state index in [9.17, 15) is 0 Å². The first-order chi connectivity index (χ1) is 8.78. The average molecular weight is 238 g/mol. The maximum atomic E-state index is 6.51. The van der Waals surface area contributed by atoms with Gasteiger partial charge in [0.2, 0.25) is 0 Å².